The van der Waals surface area contributed by atoms with Crippen molar-refractivity contribution in [1.29, 1.82) is 0 Å². The Hall–Kier alpha value is -0.930. The van der Waals surface area contributed by atoms with Gasteiger partial charge in [-0.2, -0.15) is 0 Å². The molecule has 1 aromatic rings. The lowest BCUT2D eigenvalue weighted by Crippen LogP contribution is -2.00. The van der Waals surface area contributed by atoms with Gasteiger partial charge in [-0.1, -0.05) is 37.8 Å². The highest BCUT2D eigenvalue weighted by atomic mass is 35.5. The van der Waals surface area contributed by atoms with Gasteiger partial charge < -0.3 is 15.9 Å². The van der Waals surface area contributed by atoms with Gasteiger partial charge in [-0.05, 0) is 18.6 Å². The van der Waals surface area contributed by atoms with Gasteiger partial charge in [0.1, 0.15) is 5.75 Å². The Kier molecular flexibility index (Phi) is 4.90. The summed E-state index contributed by atoms with van der Waals surface area (Å²) in [4.78, 5) is 0. The molecule has 16 heavy (non-hydrogen) atoms. The highest BCUT2D eigenvalue weighted by molar-refractivity contribution is 6.31. The van der Waals surface area contributed by atoms with Crippen LogP contribution in [0.4, 0.5) is 5.69 Å². The molecule has 0 aliphatic rings. The van der Waals surface area contributed by atoms with Crippen LogP contribution in [0.2, 0.25) is 5.02 Å². The minimum atomic E-state index is -0.701. The van der Waals surface area contributed by atoms with E-state index in [-0.39, 0.29) is 11.4 Å². The summed E-state index contributed by atoms with van der Waals surface area (Å²) in [5.41, 5.74) is 6.19. The van der Waals surface area contributed by atoms with Crippen LogP contribution in [0.15, 0.2) is 12.1 Å². The van der Waals surface area contributed by atoms with Crippen molar-refractivity contribution in [2.45, 2.75) is 38.7 Å². The third-order valence-electron chi connectivity index (χ3n) is 2.57. The van der Waals surface area contributed by atoms with Crippen LogP contribution in [0.3, 0.4) is 0 Å². The van der Waals surface area contributed by atoms with Crippen LogP contribution < -0.4 is 5.73 Å². The number of anilines is 1. The van der Waals surface area contributed by atoms with Gasteiger partial charge in [-0.15, -0.1) is 0 Å². The highest BCUT2D eigenvalue weighted by Gasteiger charge is 2.15. The Morgan fingerprint density at radius 3 is 2.69 bits per heavy atom. The number of phenols is 1. The monoisotopic (exact) mass is 243 g/mol. The van der Waals surface area contributed by atoms with Crippen LogP contribution in [-0.2, 0) is 0 Å². The molecule has 0 fully saturated rings. The number of aliphatic hydroxyl groups excluding tert-OH is 1. The number of hydrogen-bond acceptors (Lipinski definition) is 3. The zero-order valence-corrected chi connectivity index (χ0v) is 10.2. The topological polar surface area (TPSA) is 66.5 Å². The van der Waals surface area contributed by atoms with Gasteiger partial charge in [-0.25, -0.2) is 0 Å². The number of halogens is 1. The summed E-state index contributed by atoms with van der Waals surface area (Å²) < 4.78 is 0. The number of aliphatic hydroxyl groups is 1. The summed E-state index contributed by atoms with van der Waals surface area (Å²) in [7, 11) is 0. The van der Waals surface area contributed by atoms with E-state index in [1.54, 1.807) is 6.07 Å². The second-order valence-corrected chi connectivity index (χ2v) is 4.38. The first-order chi connectivity index (χ1) is 7.56. The van der Waals surface area contributed by atoms with Gasteiger partial charge in [0.25, 0.3) is 0 Å². The second-order valence-electron chi connectivity index (χ2n) is 3.94. The minimum Gasteiger partial charge on any atom is -0.505 e. The Morgan fingerprint density at radius 1 is 1.38 bits per heavy atom. The van der Waals surface area contributed by atoms with Gasteiger partial charge in [0.05, 0.1) is 11.8 Å². The van der Waals surface area contributed by atoms with Crippen molar-refractivity contribution < 1.29 is 10.2 Å². The molecule has 0 saturated heterocycles. The first-order valence-electron chi connectivity index (χ1n) is 5.52. The maximum Gasteiger partial charge on any atom is 0.144 e. The van der Waals surface area contributed by atoms with E-state index in [1.165, 1.54) is 6.07 Å². The number of benzene rings is 1. The Morgan fingerprint density at radius 2 is 2.06 bits per heavy atom. The number of unbranched alkanes of at least 4 members (excludes halogenated alkanes) is 2. The molecule has 1 aromatic carbocycles. The Labute approximate surface area is 101 Å². The van der Waals surface area contributed by atoms with Gasteiger partial charge in [0, 0.05) is 10.6 Å². The van der Waals surface area contributed by atoms with Gasteiger partial charge in [0.15, 0.2) is 0 Å². The van der Waals surface area contributed by atoms with Crippen molar-refractivity contribution >= 4 is 17.3 Å². The van der Waals surface area contributed by atoms with Crippen LogP contribution in [0, 0.1) is 0 Å². The molecular weight excluding hydrogens is 226 g/mol. The number of aromatic hydroxyl groups is 1. The maximum absolute atomic E-state index is 9.90. The molecule has 90 valence electrons. The maximum atomic E-state index is 9.90. The van der Waals surface area contributed by atoms with Gasteiger partial charge >= 0.3 is 0 Å². The van der Waals surface area contributed by atoms with E-state index in [1.807, 2.05) is 0 Å². The zero-order chi connectivity index (χ0) is 12.1. The van der Waals surface area contributed by atoms with Crippen LogP contribution in [0.5, 0.6) is 5.75 Å². The summed E-state index contributed by atoms with van der Waals surface area (Å²) in [6, 6.07) is 3.03. The first kappa shape index (κ1) is 13.1. The highest BCUT2D eigenvalue weighted by Crippen LogP contribution is 2.35. The molecule has 0 aromatic heterocycles. The fourth-order valence-electron chi connectivity index (χ4n) is 1.64. The molecule has 0 aliphatic carbocycles. The summed E-state index contributed by atoms with van der Waals surface area (Å²) in [6.07, 6.45) is 2.99. The Balaban J connectivity index is 2.78. The average Bonchev–Trinajstić information content (AvgIpc) is 2.23. The lowest BCUT2D eigenvalue weighted by atomic mass is 10.0. The SMILES string of the molecule is CCCCCC(O)c1cc(Cl)cc(N)c1O. The summed E-state index contributed by atoms with van der Waals surface area (Å²) in [5, 5.41) is 20.0. The molecule has 4 heteroatoms. The number of nitrogens with two attached hydrogens (primary N) is 1. The summed E-state index contributed by atoms with van der Waals surface area (Å²) >= 11 is 5.83. The van der Waals surface area contributed by atoms with Crippen molar-refractivity contribution in [2.75, 3.05) is 5.73 Å². The lowest BCUT2D eigenvalue weighted by molar-refractivity contribution is 0.160. The van der Waals surface area contributed by atoms with Crippen LogP contribution in [0.1, 0.15) is 44.3 Å². The zero-order valence-electron chi connectivity index (χ0n) is 9.41. The fourth-order valence-corrected chi connectivity index (χ4v) is 1.87. The fraction of sp³-hybridized carbons (Fsp3) is 0.500. The number of phenolic OH excluding ortho intramolecular Hbond substituents is 1. The molecule has 0 spiro atoms. The molecule has 0 bridgehead atoms. The number of hydrogen-bond donors (Lipinski definition) is 3. The minimum absolute atomic E-state index is 0.0617. The molecule has 0 amide bonds. The van der Waals surface area contributed by atoms with Crippen molar-refractivity contribution in [3.8, 4) is 5.75 Å². The predicted molar refractivity (Wildman–Crippen MR) is 66.6 cm³/mol. The van der Waals surface area contributed by atoms with Crippen LogP contribution in [0.25, 0.3) is 0 Å². The van der Waals surface area contributed by atoms with Crippen molar-refractivity contribution in [2.24, 2.45) is 0 Å². The largest absolute Gasteiger partial charge is 0.505 e. The van der Waals surface area contributed by atoms with Crippen LogP contribution >= 0.6 is 11.6 Å². The van der Waals surface area contributed by atoms with Crippen molar-refractivity contribution in [1.82, 2.24) is 0 Å². The molecule has 0 aliphatic heterocycles. The molecule has 1 unspecified atom stereocenters. The molecule has 0 saturated carbocycles. The van der Waals surface area contributed by atoms with E-state index in [4.69, 9.17) is 17.3 Å². The smallest absolute Gasteiger partial charge is 0.144 e. The van der Waals surface area contributed by atoms with Gasteiger partial charge in [0.2, 0.25) is 0 Å². The molecule has 4 N–H and O–H groups in total. The van der Waals surface area contributed by atoms with Crippen molar-refractivity contribution in [3.63, 3.8) is 0 Å². The second kappa shape index (κ2) is 5.97. The molecule has 1 rings (SSSR count). The molecule has 0 heterocycles. The van der Waals surface area contributed by atoms with E-state index in [9.17, 15) is 10.2 Å². The third-order valence-corrected chi connectivity index (χ3v) is 2.79. The standard InChI is InChI=1S/C12H18ClNO2/c1-2-3-4-5-11(15)9-6-8(13)7-10(14)12(9)16/h6-7,11,15-16H,2-5,14H2,1H3. The summed E-state index contributed by atoms with van der Waals surface area (Å²) in [5.74, 6) is -0.0617. The van der Waals surface area contributed by atoms with E-state index in [0.29, 0.717) is 17.0 Å². The Bertz CT molecular complexity index is 355. The van der Waals surface area contributed by atoms with Crippen molar-refractivity contribution in [3.05, 3.63) is 22.7 Å². The van der Waals surface area contributed by atoms with Crippen LogP contribution in [-0.4, -0.2) is 10.2 Å². The number of rotatable bonds is 5. The summed E-state index contributed by atoms with van der Waals surface area (Å²) in [6.45, 7) is 2.10. The van der Waals surface area contributed by atoms with E-state index >= 15 is 0 Å². The number of nitrogen functional groups attached to an aromatic ring is 1. The molecule has 0 radical (unpaired) electrons. The molecular formula is C12H18ClNO2. The first-order valence-corrected chi connectivity index (χ1v) is 5.90. The third kappa shape index (κ3) is 3.29. The molecule has 3 nitrogen and oxygen atoms in total. The van der Waals surface area contributed by atoms with Gasteiger partial charge in [-0.3, -0.25) is 0 Å². The normalized spacial score (nSPS) is 12.7. The lowest BCUT2D eigenvalue weighted by Gasteiger charge is -2.14. The molecule has 1 atom stereocenters. The average molecular weight is 244 g/mol. The predicted octanol–water partition coefficient (Wildman–Crippen LogP) is 3.24. The van der Waals surface area contributed by atoms with E-state index in [0.717, 1.165) is 19.3 Å². The van der Waals surface area contributed by atoms with E-state index < -0.39 is 6.10 Å². The quantitative estimate of drug-likeness (QED) is 0.423. The van der Waals surface area contributed by atoms with E-state index in [2.05, 4.69) is 6.92 Å².